The van der Waals surface area contributed by atoms with Gasteiger partial charge in [-0.05, 0) is 31.9 Å². The number of nitrogens with zero attached hydrogens (tertiary/aromatic N) is 4. The van der Waals surface area contributed by atoms with Gasteiger partial charge in [-0.25, -0.2) is 9.97 Å². The van der Waals surface area contributed by atoms with Crippen LogP contribution in [0.15, 0.2) is 53.8 Å². The quantitative estimate of drug-likeness (QED) is 0.146. The van der Waals surface area contributed by atoms with E-state index in [0.29, 0.717) is 35.2 Å². The third-order valence-electron chi connectivity index (χ3n) is 4.16. The van der Waals surface area contributed by atoms with Crippen LogP contribution in [0.25, 0.3) is 16.7 Å². The number of fused-ring (bicyclic) bond motifs is 1. The van der Waals surface area contributed by atoms with Crippen LogP contribution in [0.2, 0.25) is 0 Å². The summed E-state index contributed by atoms with van der Waals surface area (Å²) in [6.07, 6.45) is 8.77. The van der Waals surface area contributed by atoms with Crippen molar-refractivity contribution in [3.8, 4) is 11.6 Å². The standard InChI is InChI=1S/C22H26N4O3S/c1-3-5-6-7-11-14-29-22-20-19(25-26(22)17-12-9-8-10-13-17)21(24-16-23-20)30-15-18(27)28-4-2/h6-10,12-13,16H,3-5,11,14-15H2,1-2H3. The number of thioether (sulfide) groups is 1. The summed E-state index contributed by atoms with van der Waals surface area (Å²) < 4.78 is 12.8. The van der Waals surface area contributed by atoms with E-state index in [1.165, 1.54) is 18.1 Å². The van der Waals surface area contributed by atoms with Crippen molar-refractivity contribution in [1.82, 2.24) is 19.7 Å². The average molecular weight is 427 g/mol. The van der Waals surface area contributed by atoms with Gasteiger partial charge in [-0.1, -0.05) is 55.5 Å². The Balaban J connectivity index is 1.89. The third kappa shape index (κ3) is 5.60. The first-order valence-electron chi connectivity index (χ1n) is 10.1. The summed E-state index contributed by atoms with van der Waals surface area (Å²) >= 11 is 1.28. The molecular formula is C22H26N4O3S. The zero-order chi connectivity index (χ0) is 21.2. The third-order valence-corrected chi connectivity index (χ3v) is 5.11. The molecule has 0 fully saturated rings. The Bertz CT molecular complexity index is 989. The normalized spacial score (nSPS) is 11.3. The first kappa shape index (κ1) is 21.8. The highest BCUT2D eigenvalue weighted by molar-refractivity contribution is 8.00. The number of allylic oxidation sites excluding steroid dienone is 1. The molecule has 0 bridgehead atoms. The van der Waals surface area contributed by atoms with Crippen LogP contribution in [0.1, 0.15) is 33.1 Å². The van der Waals surface area contributed by atoms with Crippen LogP contribution in [-0.4, -0.2) is 44.7 Å². The van der Waals surface area contributed by atoms with Gasteiger partial charge in [0.05, 0.1) is 24.7 Å². The van der Waals surface area contributed by atoms with Gasteiger partial charge in [0.25, 0.3) is 0 Å². The molecule has 2 heterocycles. The second-order valence-corrected chi connectivity index (χ2v) is 7.38. The van der Waals surface area contributed by atoms with Crippen molar-refractivity contribution in [2.24, 2.45) is 0 Å². The summed E-state index contributed by atoms with van der Waals surface area (Å²) in [4.78, 5) is 20.5. The molecule has 30 heavy (non-hydrogen) atoms. The molecule has 3 aromatic rings. The average Bonchev–Trinajstić information content (AvgIpc) is 3.15. The minimum absolute atomic E-state index is 0.163. The maximum atomic E-state index is 11.8. The van der Waals surface area contributed by atoms with Gasteiger partial charge in [0.2, 0.25) is 5.88 Å². The second kappa shape index (κ2) is 11.3. The minimum Gasteiger partial charge on any atom is -0.476 e. The van der Waals surface area contributed by atoms with Gasteiger partial charge in [0.15, 0.2) is 5.52 Å². The lowest BCUT2D eigenvalue weighted by Crippen LogP contribution is -2.06. The van der Waals surface area contributed by atoms with Crippen molar-refractivity contribution in [3.05, 3.63) is 48.8 Å². The highest BCUT2D eigenvalue weighted by atomic mass is 32.2. The van der Waals surface area contributed by atoms with Gasteiger partial charge < -0.3 is 9.47 Å². The van der Waals surface area contributed by atoms with E-state index in [-0.39, 0.29) is 11.7 Å². The molecule has 0 unspecified atom stereocenters. The van der Waals surface area contributed by atoms with Crippen LogP contribution in [0.3, 0.4) is 0 Å². The Morgan fingerprint density at radius 1 is 1.10 bits per heavy atom. The van der Waals surface area contributed by atoms with Gasteiger partial charge in [0, 0.05) is 0 Å². The molecule has 0 radical (unpaired) electrons. The van der Waals surface area contributed by atoms with Gasteiger partial charge in [-0.2, -0.15) is 9.78 Å². The molecule has 0 aliphatic carbocycles. The van der Waals surface area contributed by atoms with Crippen LogP contribution in [0.4, 0.5) is 0 Å². The Morgan fingerprint density at radius 2 is 1.90 bits per heavy atom. The lowest BCUT2D eigenvalue weighted by molar-refractivity contribution is -0.139. The van der Waals surface area contributed by atoms with Crippen molar-refractivity contribution in [2.45, 2.75) is 38.1 Å². The number of aromatic nitrogens is 4. The molecule has 2 aromatic heterocycles. The van der Waals surface area contributed by atoms with Gasteiger partial charge in [-0.15, -0.1) is 0 Å². The molecule has 0 aliphatic heterocycles. The van der Waals surface area contributed by atoms with E-state index in [4.69, 9.17) is 14.6 Å². The number of carbonyl (C=O) groups excluding carboxylic acids is 1. The van der Waals surface area contributed by atoms with Crippen LogP contribution in [0.5, 0.6) is 5.88 Å². The summed E-state index contributed by atoms with van der Waals surface area (Å²) in [5, 5.41) is 5.33. The highest BCUT2D eigenvalue weighted by Gasteiger charge is 2.20. The van der Waals surface area contributed by atoms with E-state index in [2.05, 4.69) is 29.0 Å². The van der Waals surface area contributed by atoms with E-state index < -0.39 is 0 Å². The number of hydrogen-bond acceptors (Lipinski definition) is 7. The van der Waals surface area contributed by atoms with E-state index in [1.807, 2.05) is 30.3 Å². The van der Waals surface area contributed by atoms with E-state index in [9.17, 15) is 4.79 Å². The number of unbranched alkanes of at least 4 members (excludes halogenated alkanes) is 1. The number of esters is 1. The number of rotatable bonds is 11. The Hall–Kier alpha value is -2.87. The highest BCUT2D eigenvalue weighted by Crippen LogP contribution is 2.32. The van der Waals surface area contributed by atoms with Crippen molar-refractivity contribution >= 4 is 28.8 Å². The van der Waals surface area contributed by atoms with Crippen molar-refractivity contribution in [1.29, 1.82) is 0 Å². The number of para-hydroxylation sites is 1. The van der Waals surface area contributed by atoms with E-state index >= 15 is 0 Å². The molecule has 0 aliphatic rings. The molecule has 1 aromatic carbocycles. The van der Waals surface area contributed by atoms with Crippen LogP contribution in [0, 0.1) is 0 Å². The summed E-state index contributed by atoms with van der Waals surface area (Å²) in [5.74, 6) is 0.448. The van der Waals surface area contributed by atoms with Crippen LogP contribution < -0.4 is 4.74 Å². The number of carbonyl (C=O) groups is 1. The molecule has 0 N–H and O–H groups in total. The zero-order valence-corrected chi connectivity index (χ0v) is 18.1. The Morgan fingerprint density at radius 3 is 2.67 bits per heavy atom. The molecule has 0 saturated carbocycles. The molecule has 7 nitrogen and oxygen atoms in total. The lowest BCUT2D eigenvalue weighted by Gasteiger charge is -2.08. The van der Waals surface area contributed by atoms with Gasteiger partial charge >= 0.3 is 5.97 Å². The first-order chi connectivity index (χ1) is 14.7. The fourth-order valence-electron chi connectivity index (χ4n) is 2.79. The van der Waals surface area contributed by atoms with Crippen molar-refractivity contribution in [3.63, 3.8) is 0 Å². The molecule has 3 rings (SSSR count). The molecule has 0 amide bonds. The molecule has 8 heteroatoms. The molecule has 0 spiro atoms. The monoisotopic (exact) mass is 426 g/mol. The van der Waals surface area contributed by atoms with Gasteiger partial charge in [0.1, 0.15) is 16.9 Å². The second-order valence-electron chi connectivity index (χ2n) is 6.42. The fraction of sp³-hybridized carbons (Fsp3) is 0.364. The maximum Gasteiger partial charge on any atom is 0.316 e. The summed E-state index contributed by atoms with van der Waals surface area (Å²) in [6.45, 7) is 4.81. The molecular weight excluding hydrogens is 400 g/mol. The van der Waals surface area contributed by atoms with Crippen molar-refractivity contribution in [2.75, 3.05) is 19.0 Å². The SMILES string of the molecule is CCCC=CCCOc1c2ncnc(SCC(=O)OCC)c2nn1-c1ccccc1. The molecule has 158 valence electrons. The van der Waals surface area contributed by atoms with Crippen LogP contribution >= 0.6 is 11.8 Å². The maximum absolute atomic E-state index is 11.8. The number of benzene rings is 1. The summed E-state index contributed by atoms with van der Waals surface area (Å²) in [5.41, 5.74) is 2.10. The predicted molar refractivity (Wildman–Crippen MR) is 118 cm³/mol. The number of hydrogen-bond donors (Lipinski definition) is 0. The van der Waals surface area contributed by atoms with E-state index in [1.54, 1.807) is 11.6 Å². The summed E-state index contributed by atoms with van der Waals surface area (Å²) in [7, 11) is 0. The lowest BCUT2D eigenvalue weighted by atomic mass is 10.3. The molecule has 0 atom stereocenters. The Labute approximate surface area is 180 Å². The fourth-order valence-corrected chi connectivity index (χ4v) is 3.52. The topological polar surface area (TPSA) is 79.1 Å². The first-order valence-corrected chi connectivity index (χ1v) is 11.1. The Kier molecular flexibility index (Phi) is 8.26. The zero-order valence-electron chi connectivity index (χ0n) is 17.3. The largest absolute Gasteiger partial charge is 0.476 e. The van der Waals surface area contributed by atoms with Crippen molar-refractivity contribution < 1.29 is 14.3 Å². The minimum atomic E-state index is -0.285. The smallest absolute Gasteiger partial charge is 0.316 e. The number of ether oxygens (including phenoxy) is 2. The predicted octanol–water partition coefficient (Wildman–Crippen LogP) is 4.60. The summed E-state index contributed by atoms with van der Waals surface area (Å²) in [6, 6.07) is 9.76. The molecule has 0 saturated heterocycles. The van der Waals surface area contributed by atoms with Crippen LogP contribution in [-0.2, 0) is 9.53 Å². The van der Waals surface area contributed by atoms with E-state index in [0.717, 1.165) is 24.9 Å². The van der Waals surface area contributed by atoms with Gasteiger partial charge in [-0.3, -0.25) is 4.79 Å².